The highest BCUT2D eigenvalue weighted by Gasteiger charge is 2.28. The van der Waals surface area contributed by atoms with Gasteiger partial charge in [-0.05, 0) is 31.9 Å². The van der Waals surface area contributed by atoms with Crippen LogP contribution in [0.15, 0.2) is 47.1 Å². The zero-order valence-electron chi connectivity index (χ0n) is 13.1. The molecule has 0 bridgehead atoms. The van der Waals surface area contributed by atoms with E-state index in [1.165, 1.54) is 5.56 Å². The van der Waals surface area contributed by atoms with Gasteiger partial charge >= 0.3 is 0 Å². The fraction of sp³-hybridized carbons (Fsp3) is 0.389. The highest BCUT2D eigenvalue weighted by Crippen LogP contribution is 2.24. The Bertz CT molecular complexity index is 636. The van der Waals surface area contributed by atoms with Gasteiger partial charge in [0.15, 0.2) is 5.76 Å². The Morgan fingerprint density at radius 3 is 2.77 bits per heavy atom. The minimum absolute atomic E-state index is 0.110. The van der Waals surface area contributed by atoms with E-state index in [4.69, 9.17) is 4.42 Å². The lowest BCUT2D eigenvalue weighted by Crippen LogP contribution is -2.37. The molecule has 0 saturated carbocycles. The summed E-state index contributed by atoms with van der Waals surface area (Å²) in [5.74, 6) is 0.316. The third-order valence-corrected chi connectivity index (χ3v) is 4.45. The Hall–Kier alpha value is -2.07. The van der Waals surface area contributed by atoms with Gasteiger partial charge in [-0.3, -0.25) is 9.69 Å². The number of likely N-dealkylation sites (tertiary alicyclic amines) is 1. The van der Waals surface area contributed by atoms with E-state index in [-0.39, 0.29) is 11.9 Å². The predicted octanol–water partition coefficient (Wildman–Crippen LogP) is 3.15. The fourth-order valence-corrected chi connectivity index (χ4v) is 3.06. The Balaban J connectivity index is 1.59. The molecule has 116 valence electrons. The molecule has 0 radical (unpaired) electrons. The number of nitrogens with one attached hydrogen (secondary N) is 1. The van der Waals surface area contributed by atoms with Crippen molar-refractivity contribution in [2.24, 2.45) is 0 Å². The first-order chi connectivity index (χ1) is 10.6. The standard InChI is InChI=1S/C18H22N2O2/c1-13-9-11-22-17(13)18(21)19-16-8-10-20(12-16)14(2)15-6-4-3-5-7-15/h3-7,9,11,14,16H,8,10,12H2,1-2H3,(H,19,21)/t14-,16-/m1/s1. The Morgan fingerprint density at radius 2 is 2.09 bits per heavy atom. The van der Waals surface area contributed by atoms with E-state index < -0.39 is 0 Å². The van der Waals surface area contributed by atoms with Crippen molar-refractivity contribution in [3.05, 3.63) is 59.5 Å². The summed E-state index contributed by atoms with van der Waals surface area (Å²) >= 11 is 0. The van der Waals surface area contributed by atoms with Crippen LogP contribution in [-0.4, -0.2) is 29.9 Å². The summed E-state index contributed by atoms with van der Waals surface area (Å²) in [5, 5.41) is 3.08. The largest absolute Gasteiger partial charge is 0.459 e. The second-order valence-corrected chi connectivity index (χ2v) is 5.97. The van der Waals surface area contributed by atoms with Crippen LogP contribution in [0.2, 0.25) is 0 Å². The molecule has 22 heavy (non-hydrogen) atoms. The second-order valence-electron chi connectivity index (χ2n) is 5.97. The van der Waals surface area contributed by atoms with Crippen LogP contribution in [0.25, 0.3) is 0 Å². The van der Waals surface area contributed by atoms with E-state index in [9.17, 15) is 4.79 Å². The van der Waals surface area contributed by atoms with E-state index in [0.29, 0.717) is 11.8 Å². The molecule has 1 aliphatic rings. The number of amides is 1. The Kier molecular flexibility index (Phi) is 4.29. The second kappa shape index (κ2) is 6.36. The number of hydrogen-bond donors (Lipinski definition) is 1. The highest BCUT2D eigenvalue weighted by atomic mass is 16.3. The minimum Gasteiger partial charge on any atom is -0.459 e. The number of hydrogen-bond acceptors (Lipinski definition) is 3. The zero-order valence-corrected chi connectivity index (χ0v) is 13.1. The summed E-state index contributed by atoms with van der Waals surface area (Å²) in [4.78, 5) is 14.6. The number of nitrogens with zero attached hydrogens (tertiary/aromatic N) is 1. The van der Waals surface area contributed by atoms with Crippen LogP contribution >= 0.6 is 0 Å². The molecule has 0 aliphatic carbocycles. The number of furan rings is 1. The number of rotatable bonds is 4. The van der Waals surface area contributed by atoms with Gasteiger partial charge in [-0.25, -0.2) is 0 Å². The third kappa shape index (κ3) is 3.07. The van der Waals surface area contributed by atoms with Gasteiger partial charge in [0.25, 0.3) is 5.91 Å². The summed E-state index contributed by atoms with van der Waals surface area (Å²) in [5.41, 5.74) is 2.20. The minimum atomic E-state index is -0.110. The summed E-state index contributed by atoms with van der Waals surface area (Å²) in [6, 6.07) is 12.9. The first kappa shape index (κ1) is 14.9. The van der Waals surface area contributed by atoms with Crippen molar-refractivity contribution in [3.63, 3.8) is 0 Å². The van der Waals surface area contributed by atoms with Crippen LogP contribution in [0, 0.1) is 6.92 Å². The first-order valence-corrected chi connectivity index (χ1v) is 7.79. The molecule has 1 aliphatic heterocycles. The lowest BCUT2D eigenvalue weighted by atomic mass is 10.1. The molecule has 1 aromatic heterocycles. The van der Waals surface area contributed by atoms with Crippen LogP contribution in [0.1, 0.15) is 41.1 Å². The average molecular weight is 298 g/mol. The number of aryl methyl sites for hydroxylation is 1. The maximum atomic E-state index is 12.2. The van der Waals surface area contributed by atoms with Gasteiger partial charge in [0.2, 0.25) is 0 Å². The van der Waals surface area contributed by atoms with Gasteiger partial charge in [-0.1, -0.05) is 30.3 Å². The molecule has 1 amide bonds. The third-order valence-electron chi connectivity index (χ3n) is 4.45. The van der Waals surface area contributed by atoms with Crippen molar-refractivity contribution in [2.45, 2.75) is 32.4 Å². The summed E-state index contributed by atoms with van der Waals surface area (Å²) in [6.45, 7) is 5.98. The van der Waals surface area contributed by atoms with Crippen LogP contribution in [-0.2, 0) is 0 Å². The van der Waals surface area contributed by atoms with E-state index in [1.54, 1.807) is 6.26 Å². The lowest BCUT2D eigenvalue weighted by Gasteiger charge is -2.24. The Morgan fingerprint density at radius 1 is 1.32 bits per heavy atom. The zero-order chi connectivity index (χ0) is 15.5. The molecule has 1 N–H and O–H groups in total. The van der Waals surface area contributed by atoms with Gasteiger partial charge in [0.1, 0.15) is 0 Å². The molecule has 1 aromatic carbocycles. The van der Waals surface area contributed by atoms with Crippen molar-refractivity contribution in [3.8, 4) is 0 Å². The molecular weight excluding hydrogens is 276 g/mol. The molecule has 4 heteroatoms. The van der Waals surface area contributed by atoms with Crippen molar-refractivity contribution in [1.29, 1.82) is 0 Å². The van der Waals surface area contributed by atoms with Crippen LogP contribution < -0.4 is 5.32 Å². The molecule has 0 spiro atoms. The van der Waals surface area contributed by atoms with Gasteiger partial charge in [0, 0.05) is 30.7 Å². The van der Waals surface area contributed by atoms with E-state index >= 15 is 0 Å². The van der Waals surface area contributed by atoms with E-state index in [2.05, 4.69) is 41.4 Å². The topological polar surface area (TPSA) is 45.5 Å². The fourth-order valence-electron chi connectivity index (χ4n) is 3.06. The van der Waals surface area contributed by atoms with Crippen LogP contribution in [0.3, 0.4) is 0 Å². The maximum absolute atomic E-state index is 12.2. The van der Waals surface area contributed by atoms with Gasteiger partial charge in [0.05, 0.1) is 6.26 Å². The first-order valence-electron chi connectivity index (χ1n) is 7.79. The van der Waals surface area contributed by atoms with Crippen molar-refractivity contribution < 1.29 is 9.21 Å². The molecule has 1 fully saturated rings. The number of carbonyl (C=O) groups excluding carboxylic acids is 1. The molecule has 3 rings (SSSR count). The summed E-state index contributed by atoms with van der Waals surface area (Å²) in [7, 11) is 0. The molecule has 2 atom stereocenters. The molecule has 1 saturated heterocycles. The van der Waals surface area contributed by atoms with Gasteiger partial charge in [-0.2, -0.15) is 0 Å². The van der Waals surface area contributed by atoms with Gasteiger partial charge in [-0.15, -0.1) is 0 Å². The normalized spacial score (nSPS) is 20.0. The molecular formula is C18H22N2O2. The average Bonchev–Trinajstić information content (AvgIpc) is 3.16. The van der Waals surface area contributed by atoms with Crippen molar-refractivity contribution in [1.82, 2.24) is 10.2 Å². The lowest BCUT2D eigenvalue weighted by molar-refractivity contribution is 0.0907. The molecule has 4 nitrogen and oxygen atoms in total. The smallest absolute Gasteiger partial charge is 0.287 e. The SMILES string of the molecule is Cc1ccoc1C(=O)N[C@@H]1CCN([C@H](C)c2ccccc2)C1. The molecule has 2 heterocycles. The Labute approximate surface area is 131 Å². The summed E-state index contributed by atoms with van der Waals surface area (Å²) < 4.78 is 5.25. The van der Waals surface area contributed by atoms with E-state index in [0.717, 1.165) is 25.1 Å². The van der Waals surface area contributed by atoms with Crippen molar-refractivity contribution in [2.75, 3.05) is 13.1 Å². The summed E-state index contributed by atoms with van der Waals surface area (Å²) in [6.07, 6.45) is 2.53. The quantitative estimate of drug-likeness (QED) is 0.943. The number of carbonyl (C=O) groups is 1. The molecule has 2 aromatic rings. The highest BCUT2D eigenvalue weighted by molar-refractivity contribution is 5.93. The number of benzene rings is 1. The molecule has 0 unspecified atom stereocenters. The van der Waals surface area contributed by atoms with Crippen LogP contribution in [0.4, 0.5) is 0 Å². The maximum Gasteiger partial charge on any atom is 0.287 e. The van der Waals surface area contributed by atoms with Crippen molar-refractivity contribution >= 4 is 5.91 Å². The van der Waals surface area contributed by atoms with E-state index in [1.807, 2.05) is 19.1 Å². The van der Waals surface area contributed by atoms with Gasteiger partial charge < -0.3 is 9.73 Å². The predicted molar refractivity (Wildman–Crippen MR) is 85.7 cm³/mol. The van der Waals surface area contributed by atoms with Crippen LogP contribution in [0.5, 0.6) is 0 Å². The monoisotopic (exact) mass is 298 g/mol.